The van der Waals surface area contributed by atoms with Crippen molar-refractivity contribution in [3.05, 3.63) is 89.8 Å². The average Bonchev–Trinajstić information content (AvgIpc) is 3.32. The lowest BCUT2D eigenvalue weighted by Gasteiger charge is -2.28. The number of benzene rings is 3. The van der Waals surface area contributed by atoms with Gasteiger partial charge in [0.15, 0.2) is 0 Å². The van der Waals surface area contributed by atoms with Crippen molar-refractivity contribution >= 4 is 28.3 Å². The Balaban J connectivity index is 1.49. The minimum Gasteiger partial charge on any atom is -0.508 e. The molecule has 0 unspecified atom stereocenters. The van der Waals surface area contributed by atoms with Crippen molar-refractivity contribution in [3.8, 4) is 11.8 Å². The number of aromatic hydroxyl groups is 1. The quantitative estimate of drug-likeness (QED) is 0.314. The second kappa shape index (κ2) is 11.4. The molecule has 3 aromatic carbocycles. The molecule has 2 amide bonds. The van der Waals surface area contributed by atoms with Crippen molar-refractivity contribution in [1.29, 1.82) is 5.26 Å². The standard InChI is InChI=1S/C28H23F4N5O3/c1-17(14-37(27(40)28(30,31)32)25-4-2-3-19-7-8-22(38)11-23(19)25)35-26(39)10-21-13-34-16-36(21)15-18-5-6-20(12-33)24(29)9-18/h2-9,11,13,16-17,38H,10,14-15H2,1H3,(H,35,39)/t17-/m1/s1. The first kappa shape index (κ1) is 28.1. The summed E-state index contributed by atoms with van der Waals surface area (Å²) in [7, 11) is 0. The first-order chi connectivity index (χ1) is 19.0. The van der Waals surface area contributed by atoms with Gasteiger partial charge in [-0.15, -0.1) is 0 Å². The summed E-state index contributed by atoms with van der Waals surface area (Å²) >= 11 is 0. The third-order valence-corrected chi connectivity index (χ3v) is 6.13. The van der Waals surface area contributed by atoms with E-state index in [4.69, 9.17) is 5.26 Å². The summed E-state index contributed by atoms with van der Waals surface area (Å²) < 4.78 is 56.2. The minimum absolute atomic E-state index is 0.0652. The molecule has 2 N–H and O–H groups in total. The van der Waals surface area contributed by atoms with E-state index in [-0.39, 0.29) is 35.4 Å². The van der Waals surface area contributed by atoms with Gasteiger partial charge in [0.25, 0.3) is 0 Å². The van der Waals surface area contributed by atoms with Gasteiger partial charge in [0.2, 0.25) is 5.91 Å². The first-order valence-electron chi connectivity index (χ1n) is 12.0. The molecule has 12 heteroatoms. The van der Waals surface area contributed by atoms with E-state index in [1.807, 2.05) is 0 Å². The lowest BCUT2D eigenvalue weighted by atomic mass is 10.1. The fourth-order valence-corrected chi connectivity index (χ4v) is 4.32. The van der Waals surface area contributed by atoms with Gasteiger partial charge >= 0.3 is 12.1 Å². The van der Waals surface area contributed by atoms with Gasteiger partial charge in [0.1, 0.15) is 17.6 Å². The molecular weight excluding hydrogens is 530 g/mol. The van der Waals surface area contributed by atoms with Crippen molar-refractivity contribution in [2.75, 3.05) is 11.4 Å². The number of phenols is 1. The van der Waals surface area contributed by atoms with Crippen LogP contribution in [0.4, 0.5) is 23.2 Å². The third kappa shape index (κ3) is 6.37. The molecule has 0 saturated heterocycles. The fourth-order valence-electron chi connectivity index (χ4n) is 4.32. The number of nitriles is 1. The van der Waals surface area contributed by atoms with Crippen LogP contribution in [0.2, 0.25) is 0 Å². The molecule has 206 valence electrons. The van der Waals surface area contributed by atoms with Crippen molar-refractivity contribution < 1.29 is 32.3 Å². The van der Waals surface area contributed by atoms with Gasteiger partial charge in [-0.25, -0.2) is 9.37 Å². The number of carbonyl (C=O) groups is 2. The number of nitrogens with zero attached hydrogens (tertiary/aromatic N) is 4. The number of amides is 2. The summed E-state index contributed by atoms with van der Waals surface area (Å²) in [6.07, 6.45) is -2.48. The largest absolute Gasteiger partial charge is 0.508 e. The monoisotopic (exact) mass is 553 g/mol. The lowest BCUT2D eigenvalue weighted by Crippen LogP contribution is -2.49. The Hall–Kier alpha value is -4.92. The highest BCUT2D eigenvalue weighted by molar-refractivity contribution is 6.06. The molecule has 4 rings (SSSR count). The Kier molecular flexibility index (Phi) is 8.04. The normalized spacial score (nSPS) is 12.1. The summed E-state index contributed by atoms with van der Waals surface area (Å²) in [4.78, 5) is 29.8. The number of hydrogen-bond donors (Lipinski definition) is 2. The van der Waals surface area contributed by atoms with E-state index in [9.17, 15) is 32.3 Å². The van der Waals surface area contributed by atoms with Gasteiger partial charge in [-0.2, -0.15) is 18.4 Å². The molecule has 1 heterocycles. The summed E-state index contributed by atoms with van der Waals surface area (Å²) in [5, 5.41) is 22.1. The van der Waals surface area contributed by atoms with Crippen LogP contribution in [0.3, 0.4) is 0 Å². The maximum absolute atomic E-state index is 14.0. The molecule has 1 aromatic heterocycles. The van der Waals surface area contributed by atoms with Crippen molar-refractivity contribution in [1.82, 2.24) is 14.9 Å². The number of carbonyl (C=O) groups excluding carboxylic acids is 2. The molecule has 0 fully saturated rings. The van der Waals surface area contributed by atoms with Crippen molar-refractivity contribution in [2.24, 2.45) is 0 Å². The molecule has 4 aromatic rings. The maximum Gasteiger partial charge on any atom is 0.471 e. The number of anilines is 1. The number of phenolic OH excluding ortho intramolecular Hbond substituents is 1. The van der Waals surface area contributed by atoms with Crippen LogP contribution < -0.4 is 10.2 Å². The van der Waals surface area contributed by atoms with Crippen LogP contribution in [0.5, 0.6) is 5.75 Å². The first-order valence-corrected chi connectivity index (χ1v) is 12.0. The maximum atomic E-state index is 14.0. The van der Waals surface area contributed by atoms with Gasteiger partial charge in [-0.05, 0) is 48.2 Å². The Labute approximate surface area is 226 Å². The van der Waals surface area contributed by atoms with E-state index >= 15 is 0 Å². The van der Waals surface area contributed by atoms with Crippen LogP contribution >= 0.6 is 0 Å². The van der Waals surface area contributed by atoms with Crippen molar-refractivity contribution in [2.45, 2.75) is 32.1 Å². The predicted octanol–water partition coefficient (Wildman–Crippen LogP) is 4.44. The van der Waals surface area contributed by atoms with E-state index in [0.29, 0.717) is 21.5 Å². The van der Waals surface area contributed by atoms with E-state index in [0.717, 1.165) is 0 Å². The lowest BCUT2D eigenvalue weighted by molar-refractivity contribution is -0.170. The molecule has 1 atom stereocenters. The molecule has 0 aliphatic heterocycles. The third-order valence-electron chi connectivity index (χ3n) is 6.13. The van der Waals surface area contributed by atoms with Gasteiger partial charge in [-0.3, -0.25) is 9.59 Å². The van der Waals surface area contributed by atoms with Crippen molar-refractivity contribution in [3.63, 3.8) is 0 Å². The molecule has 0 saturated carbocycles. The van der Waals surface area contributed by atoms with Crippen LogP contribution in [0.1, 0.15) is 23.7 Å². The smallest absolute Gasteiger partial charge is 0.471 e. The highest BCUT2D eigenvalue weighted by Gasteiger charge is 2.43. The number of imidazole rings is 1. The van der Waals surface area contributed by atoms with E-state index in [1.165, 1.54) is 61.9 Å². The molecule has 0 spiro atoms. The molecule has 0 radical (unpaired) electrons. The highest BCUT2D eigenvalue weighted by atomic mass is 19.4. The predicted molar refractivity (Wildman–Crippen MR) is 138 cm³/mol. The van der Waals surface area contributed by atoms with Gasteiger partial charge in [-0.1, -0.05) is 24.3 Å². The Morgan fingerprint density at radius 2 is 1.95 bits per heavy atom. The molecule has 0 bridgehead atoms. The van der Waals surface area contributed by atoms with Crippen LogP contribution in [-0.2, 0) is 22.6 Å². The molecule has 0 aliphatic rings. The Bertz CT molecular complexity index is 1610. The summed E-state index contributed by atoms with van der Waals surface area (Å²) in [5.74, 6) is -3.50. The fraction of sp³-hybridized carbons (Fsp3) is 0.214. The van der Waals surface area contributed by atoms with Gasteiger partial charge in [0.05, 0.1) is 24.0 Å². The molecule has 0 aliphatic carbocycles. The number of halogens is 4. The van der Waals surface area contributed by atoms with Crippen LogP contribution in [0.15, 0.2) is 67.1 Å². The van der Waals surface area contributed by atoms with E-state index in [1.54, 1.807) is 22.8 Å². The number of alkyl halides is 3. The van der Waals surface area contributed by atoms with E-state index < -0.39 is 36.4 Å². The number of fused-ring (bicyclic) bond motifs is 1. The number of hydrogen-bond acceptors (Lipinski definition) is 5. The topological polar surface area (TPSA) is 111 Å². The number of aromatic nitrogens is 2. The van der Waals surface area contributed by atoms with Crippen LogP contribution in [0.25, 0.3) is 10.8 Å². The number of nitrogens with one attached hydrogen (secondary N) is 1. The zero-order chi connectivity index (χ0) is 29.0. The second-order valence-corrected chi connectivity index (χ2v) is 9.18. The Morgan fingerprint density at radius 3 is 2.65 bits per heavy atom. The van der Waals surface area contributed by atoms with Crippen LogP contribution in [0, 0.1) is 17.1 Å². The highest BCUT2D eigenvalue weighted by Crippen LogP contribution is 2.32. The van der Waals surface area contributed by atoms with Gasteiger partial charge in [0, 0.05) is 36.4 Å². The average molecular weight is 554 g/mol. The zero-order valence-electron chi connectivity index (χ0n) is 21.1. The zero-order valence-corrected chi connectivity index (χ0v) is 21.1. The summed E-state index contributed by atoms with van der Waals surface area (Å²) in [6, 6.07) is 13.6. The number of rotatable bonds is 8. The van der Waals surface area contributed by atoms with E-state index in [2.05, 4.69) is 10.3 Å². The van der Waals surface area contributed by atoms with Crippen LogP contribution in [-0.4, -0.2) is 45.2 Å². The van der Waals surface area contributed by atoms with Gasteiger partial charge < -0.3 is 19.9 Å². The summed E-state index contributed by atoms with van der Waals surface area (Å²) in [5.41, 5.74) is 0.833. The Morgan fingerprint density at radius 1 is 1.18 bits per heavy atom. The molecular formula is C28H23F4N5O3. The minimum atomic E-state index is -5.18. The second-order valence-electron chi connectivity index (χ2n) is 9.18. The summed E-state index contributed by atoms with van der Waals surface area (Å²) in [6.45, 7) is 1.14. The molecule has 40 heavy (non-hydrogen) atoms. The SMILES string of the molecule is C[C@H](CN(C(=O)C(F)(F)F)c1cccc2ccc(O)cc12)NC(=O)Cc1cncn1Cc1ccc(C#N)c(F)c1. The molecule has 8 nitrogen and oxygen atoms in total.